The van der Waals surface area contributed by atoms with Gasteiger partial charge in [-0.15, -0.1) is 11.6 Å². The molecule has 0 aliphatic carbocycles. The number of hydrogen-bond donors (Lipinski definition) is 0. The highest BCUT2D eigenvalue weighted by molar-refractivity contribution is 6.17. The van der Waals surface area contributed by atoms with Crippen LogP contribution in [0.3, 0.4) is 0 Å². The van der Waals surface area contributed by atoms with Gasteiger partial charge in [-0.25, -0.2) is 0 Å². The van der Waals surface area contributed by atoms with Crippen LogP contribution in [0.25, 0.3) is 0 Å². The Morgan fingerprint density at radius 1 is 1.14 bits per heavy atom. The van der Waals surface area contributed by atoms with E-state index in [1.807, 2.05) is 0 Å². The summed E-state index contributed by atoms with van der Waals surface area (Å²) < 4.78 is 5.54. The van der Waals surface area contributed by atoms with Crippen LogP contribution in [0.4, 0.5) is 5.69 Å². The molecule has 4 nitrogen and oxygen atoms in total. The first-order chi connectivity index (χ1) is 10.2. The largest absolute Gasteiger partial charge is 0.487 e. The van der Waals surface area contributed by atoms with Gasteiger partial charge in [-0.05, 0) is 18.1 Å². The van der Waals surface area contributed by atoms with Crippen molar-refractivity contribution in [2.24, 2.45) is 0 Å². The lowest BCUT2D eigenvalue weighted by Gasteiger charge is -2.07. The summed E-state index contributed by atoms with van der Waals surface area (Å²) in [4.78, 5) is 10.6. The molecule has 0 unspecified atom stereocenters. The summed E-state index contributed by atoms with van der Waals surface area (Å²) in [5.41, 5.74) is 0.725. The van der Waals surface area contributed by atoms with E-state index in [4.69, 9.17) is 16.3 Å². The lowest BCUT2D eigenvalue weighted by atomic mass is 10.1. The smallest absolute Gasteiger partial charge is 0.311 e. The van der Waals surface area contributed by atoms with E-state index in [0.717, 1.165) is 18.4 Å². The van der Waals surface area contributed by atoms with Crippen LogP contribution >= 0.6 is 11.6 Å². The minimum absolute atomic E-state index is 0.00362. The van der Waals surface area contributed by atoms with Crippen molar-refractivity contribution in [2.45, 2.75) is 57.7 Å². The highest BCUT2D eigenvalue weighted by atomic mass is 35.5. The van der Waals surface area contributed by atoms with E-state index in [9.17, 15) is 10.1 Å². The Bertz CT molecular complexity index is 438. The third kappa shape index (κ3) is 6.80. The fourth-order valence-electron chi connectivity index (χ4n) is 2.15. The number of alkyl halides is 1. The Morgan fingerprint density at radius 2 is 1.81 bits per heavy atom. The van der Waals surface area contributed by atoms with Crippen molar-refractivity contribution in [3.05, 3.63) is 33.9 Å². The molecule has 0 saturated carbocycles. The zero-order valence-electron chi connectivity index (χ0n) is 12.6. The number of halogens is 1. The van der Waals surface area contributed by atoms with E-state index in [-0.39, 0.29) is 11.6 Å². The molecule has 0 aliphatic rings. The van der Waals surface area contributed by atoms with Gasteiger partial charge in [-0.2, -0.15) is 0 Å². The van der Waals surface area contributed by atoms with Gasteiger partial charge in [0, 0.05) is 11.9 Å². The second-order valence-electron chi connectivity index (χ2n) is 5.16. The van der Waals surface area contributed by atoms with Crippen molar-refractivity contribution in [3.8, 4) is 5.75 Å². The number of nitrogens with zero attached hydrogens (tertiary/aromatic N) is 1. The Kier molecular flexibility index (Phi) is 8.83. The van der Waals surface area contributed by atoms with Gasteiger partial charge in [-0.1, -0.05) is 51.5 Å². The highest BCUT2D eigenvalue weighted by Gasteiger charge is 2.15. The number of unbranched alkanes of at least 4 members (excludes halogenated alkanes) is 6. The molecule has 0 N–H and O–H groups in total. The van der Waals surface area contributed by atoms with E-state index in [1.54, 1.807) is 12.1 Å². The molecule has 118 valence electrons. The van der Waals surface area contributed by atoms with Crippen molar-refractivity contribution in [1.82, 2.24) is 0 Å². The van der Waals surface area contributed by atoms with Crippen LogP contribution in [-0.2, 0) is 5.88 Å². The Morgan fingerprint density at radius 3 is 2.43 bits per heavy atom. The van der Waals surface area contributed by atoms with Crippen molar-refractivity contribution in [2.75, 3.05) is 6.61 Å². The van der Waals surface area contributed by atoms with Gasteiger partial charge in [-0.3, -0.25) is 10.1 Å². The van der Waals surface area contributed by atoms with Crippen LogP contribution in [0, 0.1) is 10.1 Å². The predicted molar refractivity (Wildman–Crippen MR) is 86.1 cm³/mol. The first kappa shape index (κ1) is 17.8. The number of benzene rings is 1. The summed E-state index contributed by atoms with van der Waals surface area (Å²) in [7, 11) is 0. The number of ether oxygens (including phenoxy) is 1. The lowest BCUT2D eigenvalue weighted by molar-refractivity contribution is -0.385. The first-order valence-corrected chi connectivity index (χ1v) is 8.18. The fourth-order valence-corrected chi connectivity index (χ4v) is 2.32. The normalized spacial score (nSPS) is 10.6. The van der Waals surface area contributed by atoms with E-state index in [2.05, 4.69) is 6.92 Å². The first-order valence-electron chi connectivity index (χ1n) is 7.65. The molecular formula is C16H24ClNO3. The second-order valence-corrected chi connectivity index (χ2v) is 5.43. The van der Waals surface area contributed by atoms with Crippen LogP contribution in [0.2, 0.25) is 0 Å². The topological polar surface area (TPSA) is 52.4 Å². The molecule has 0 radical (unpaired) electrons. The van der Waals surface area contributed by atoms with E-state index >= 15 is 0 Å². The fraction of sp³-hybridized carbons (Fsp3) is 0.625. The molecule has 5 heteroatoms. The molecule has 0 spiro atoms. The average molecular weight is 314 g/mol. The molecule has 0 saturated heterocycles. The lowest BCUT2D eigenvalue weighted by Crippen LogP contribution is -2.01. The number of hydrogen-bond acceptors (Lipinski definition) is 3. The van der Waals surface area contributed by atoms with Crippen molar-refractivity contribution in [1.29, 1.82) is 0 Å². The Balaban J connectivity index is 2.33. The molecule has 1 aromatic carbocycles. The maximum Gasteiger partial charge on any atom is 0.311 e. The van der Waals surface area contributed by atoms with E-state index in [0.29, 0.717) is 12.4 Å². The molecule has 21 heavy (non-hydrogen) atoms. The third-order valence-corrected chi connectivity index (χ3v) is 3.69. The molecule has 0 heterocycles. The molecule has 0 amide bonds. The van der Waals surface area contributed by atoms with E-state index < -0.39 is 4.92 Å². The standard InChI is InChI=1S/C16H24ClNO3/c1-2-3-4-5-6-7-8-11-21-16-10-9-14(13-17)12-15(16)18(19)20/h9-10,12H,2-8,11,13H2,1H3. The summed E-state index contributed by atoms with van der Waals surface area (Å²) >= 11 is 5.69. The Hall–Kier alpha value is -1.29. The van der Waals surface area contributed by atoms with Crippen LogP contribution in [0.5, 0.6) is 5.75 Å². The zero-order chi connectivity index (χ0) is 15.5. The van der Waals surface area contributed by atoms with Crippen molar-refractivity contribution >= 4 is 17.3 Å². The molecular weight excluding hydrogens is 290 g/mol. The summed E-state index contributed by atoms with van der Waals surface area (Å²) in [5, 5.41) is 11.0. The molecule has 0 bridgehead atoms. The number of nitro benzene ring substituents is 1. The number of rotatable bonds is 11. The number of nitro groups is 1. The second kappa shape index (κ2) is 10.4. The third-order valence-electron chi connectivity index (χ3n) is 3.38. The molecule has 0 aliphatic heterocycles. The minimum atomic E-state index is -0.421. The monoisotopic (exact) mass is 313 g/mol. The summed E-state index contributed by atoms with van der Waals surface area (Å²) in [6.07, 6.45) is 8.36. The molecule has 0 aromatic heterocycles. The van der Waals surface area contributed by atoms with Gasteiger partial charge in [0.2, 0.25) is 0 Å². The van der Waals surface area contributed by atoms with Gasteiger partial charge in [0.1, 0.15) is 0 Å². The Labute approximate surface area is 131 Å². The van der Waals surface area contributed by atoms with Gasteiger partial charge in [0.25, 0.3) is 0 Å². The molecule has 1 rings (SSSR count). The SMILES string of the molecule is CCCCCCCCCOc1ccc(CCl)cc1[N+](=O)[O-]. The van der Waals surface area contributed by atoms with Crippen molar-refractivity contribution in [3.63, 3.8) is 0 Å². The van der Waals surface area contributed by atoms with Crippen LogP contribution in [0.15, 0.2) is 18.2 Å². The zero-order valence-corrected chi connectivity index (χ0v) is 13.4. The quantitative estimate of drug-likeness (QED) is 0.236. The van der Waals surface area contributed by atoms with E-state index in [1.165, 1.54) is 38.2 Å². The minimum Gasteiger partial charge on any atom is -0.487 e. The predicted octanol–water partition coefficient (Wildman–Crippen LogP) is 5.46. The summed E-state index contributed by atoms with van der Waals surface area (Å²) in [6.45, 7) is 2.73. The van der Waals surface area contributed by atoms with Crippen molar-refractivity contribution < 1.29 is 9.66 Å². The maximum atomic E-state index is 11.0. The van der Waals surface area contributed by atoms with Gasteiger partial charge in [0.05, 0.1) is 11.5 Å². The van der Waals surface area contributed by atoms with Gasteiger partial charge < -0.3 is 4.74 Å². The molecule has 0 fully saturated rings. The van der Waals surface area contributed by atoms with Crippen LogP contribution in [0.1, 0.15) is 57.4 Å². The summed E-state index contributed by atoms with van der Waals surface area (Å²) in [6, 6.07) is 4.88. The molecule has 0 atom stereocenters. The summed E-state index contributed by atoms with van der Waals surface area (Å²) in [5.74, 6) is 0.596. The van der Waals surface area contributed by atoms with Gasteiger partial charge in [0.15, 0.2) is 5.75 Å². The maximum absolute atomic E-state index is 11.0. The van der Waals surface area contributed by atoms with Crippen LogP contribution < -0.4 is 4.74 Å². The van der Waals surface area contributed by atoms with Gasteiger partial charge >= 0.3 is 5.69 Å². The highest BCUT2D eigenvalue weighted by Crippen LogP contribution is 2.28. The van der Waals surface area contributed by atoms with Crippen LogP contribution in [-0.4, -0.2) is 11.5 Å². The average Bonchev–Trinajstić information content (AvgIpc) is 2.49. The molecule has 1 aromatic rings.